The van der Waals surface area contributed by atoms with Crippen molar-refractivity contribution in [3.05, 3.63) is 45.9 Å². The van der Waals surface area contributed by atoms with Crippen LogP contribution in [-0.2, 0) is 17.8 Å². The topological polar surface area (TPSA) is 86.5 Å². The molecular weight excluding hydrogens is 326 g/mol. The zero-order valence-electron chi connectivity index (χ0n) is 13.8. The second-order valence-electron chi connectivity index (χ2n) is 5.18. The Bertz CT molecular complexity index is 628. The molecule has 24 heavy (non-hydrogen) atoms. The van der Waals surface area contributed by atoms with Gasteiger partial charge in [0, 0.05) is 25.0 Å². The summed E-state index contributed by atoms with van der Waals surface area (Å²) >= 11 is 1.46. The van der Waals surface area contributed by atoms with Crippen molar-refractivity contribution in [2.45, 2.75) is 19.4 Å². The average molecular weight is 349 g/mol. The van der Waals surface area contributed by atoms with Gasteiger partial charge in [-0.1, -0.05) is 12.1 Å². The van der Waals surface area contributed by atoms with Gasteiger partial charge in [0.05, 0.1) is 18.7 Å². The van der Waals surface area contributed by atoms with Crippen molar-refractivity contribution in [3.63, 3.8) is 0 Å². The summed E-state index contributed by atoms with van der Waals surface area (Å²) in [6.07, 6.45) is 1.46. The highest BCUT2D eigenvalue weighted by Crippen LogP contribution is 2.12. The number of nitrogens with zero attached hydrogens (tertiary/aromatic N) is 1. The monoisotopic (exact) mass is 349 g/mol. The van der Waals surface area contributed by atoms with Crippen molar-refractivity contribution in [2.75, 3.05) is 26.8 Å². The first-order valence-corrected chi connectivity index (χ1v) is 8.74. The molecule has 0 unspecified atom stereocenters. The fourth-order valence-electron chi connectivity index (χ4n) is 2.03. The summed E-state index contributed by atoms with van der Waals surface area (Å²) in [4.78, 5) is 16.2. The Kier molecular flexibility index (Phi) is 7.67. The van der Waals surface area contributed by atoms with Gasteiger partial charge in [0.1, 0.15) is 11.4 Å². The number of nitrogens with two attached hydrogens (primary N) is 1. The highest BCUT2D eigenvalue weighted by Gasteiger charge is 2.09. The molecule has 0 aliphatic rings. The van der Waals surface area contributed by atoms with Crippen LogP contribution in [0.2, 0.25) is 0 Å². The van der Waals surface area contributed by atoms with E-state index in [1.807, 2.05) is 24.3 Å². The van der Waals surface area contributed by atoms with E-state index >= 15 is 0 Å². The van der Waals surface area contributed by atoms with E-state index in [4.69, 9.17) is 15.2 Å². The first-order valence-electron chi connectivity index (χ1n) is 7.86. The van der Waals surface area contributed by atoms with Gasteiger partial charge in [-0.15, -0.1) is 11.3 Å². The Hall–Kier alpha value is -1.96. The Balaban J connectivity index is 1.59. The molecule has 3 N–H and O–H groups in total. The number of nitrogens with one attached hydrogen (secondary N) is 1. The molecule has 7 heteroatoms. The van der Waals surface area contributed by atoms with Crippen LogP contribution in [0.15, 0.2) is 29.6 Å². The molecule has 0 fully saturated rings. The third-order valence-corrected chi connectivity index (χ3v) is 4.23. The Morgan fingerprint density at radius 3 is 2.83 bits per heavy atom. The summed E-state index contributed by atoms with van der Waals surface area (Å²) in [5.74, 6) is 0.683. The van der Waals surface area contributed by atoms with Gasteiger partial charge in [-0.25, -0.2) is 4.98 Å². The lowest BCUT2D eigenvalue weighted by Gasteiger charge is -2.06. The quantitative estimate of drug-likeness (QED) is 0.641. The minimum absolute atomic E-state index is 0.148. The third-order valence-electron chi connectivity index (χ3n) is 3.32. The molecule has 130 valence electrons. The van der Waals surface area contributed by atoms with Gasteiger partial charge in [-0.3, -0.25) is 4.79 Å². The van der Waals surface area contributed by atoms with Crippen molar-refractivity contribution in [1.29, 1.82) is 0 Å². The number of aromatic nitrogens is 1. The number of carbonyl (C=O) groups is 1. The number of carbonyl (C=O) groups excluding carboxylic acids is 1. The zero-order valence-corrected chi connectivity index (χ0v) is 14.6. The number of hydrogen-bond acceptors (Lipinski definition) is 6. The normalized spacial score (nSPS) is 10.6. The number of benzene rings is 1. The van der Waals surface area contributed by atoms with Gasteiger partial charge < -0.3 is 20.5 Å². The Morgan fingerprint density at radius 2 is 2.12 bits per heavy atom. The third kappa shape index (κ3) is 5.92. The highest BCUT2D eigenvalue weighted by atomic mass is 32.1. The van der Waals surface area contributed by atoms with Crippen molar-refractivity contribution in [3.8, 4) is 5.75 Å². The second-order valence-corrected chi connectivity index (χ2v) is 6.12. The number of thiazole rings is 1. The molecule has 0 spiro atoms. The van der Waals surface area contributed by atoms with Crippen LogP contribution >= 0.6 is 11.3 Å². The molecule has 0 atom stereocenters. The summed E-state index contributed by atoms with van der Waals surface area (Å²) in [5.41, 5.74) is 7.03. The van der Waals surface area contributed by atoms with Gasteiger partial charge in [0.2, 0.25) is 0 Å². The maximum absolute atomic E-state index is 11.9. The molecule has 1 amide bonds. The lowest BCUT2D eigenvalue weighted by molar-refractivity contribution is 0.0930. The Labute approximate surface area is 146 Å². The molecule has 0 radical (unpaired) electrons. The van der Waals surface area contributed by atoms with Crippen LogP contribution in [0, 0.1) is 0 Å². The maximum atomic E-state index is 11.9. The summed E-state index contributed by atoms with van der Waals surface area (Å²) < 4.78 is 10.7. The molecule has 0 aliphatic heterocycles. The van der Waals surface area contributed by atoms with E-state index in [9.17, 15) is 4.79 Å². The molecule has 2 aromatic rings. The number of hydrogen-bond donors (Lipinski definition) is 2. The van der Waals surface area contributed by atoms with E-state index in [0.29, 0.717) is 38.4 Å². The lowest BCUT2D eigenvalue weighted by atomic mass is 10.2. The van der Waals surface area contributed by atoms with E-state index < -0.39 is 0 Å². The molecule has 0 aliphatic carbocycles. The van der Waals surface area contributed by atoms with E-state index in [1.165, 1.54) is 11.3 Å². The molecule has 0 saturated heterocycles. The summed E-state index contributed by atoms with van der Waals surface area (Å²) in [6.45, 7) is 2.24. The first kappa shape index (κ1) is 18.4. The predicted molar refractivity (Wildman–Crippen MR) is 94.5 cm³/mol. The lowest BCUT2D eigenvalue weighted by Crippen LogP contribution is -2.25. The molecule has 1 aromatic heterocycles. The predicted octanol–water partition coefficient (Wildman–Crippen LogP) is 1.99. The van der Waals surface area contributed by atoms with Gasteiger partial charge in [0.25, 0.3) is 5.91 Å². The van der Waals surface area contributed by atoms with E-state index in [2.05, 4.69) is 10.3 Å². The molecule has 1 aromatic carbocycles. The smallest absolute Gasteiger partial charge is 0.270 e. The number of amides is 1. The molecule has 6 nitrogen and oxygen atoms in total. The van der Waals surface area contributed by atoms with E-state index in [-0.39, 0.29) is 5.91 Å². The molecule has 2 rings (SSSR count). The van der Waals surface area contributed by atoms with E-state index in [0.717, 1.165) is 22.7 Å². The van der Waals surface area contributed by atoms with Crippen molar-refractivity contribution in [2.24, 2.45) is 5.73 Å². The molecule has 0 bridgehead atoms. The standard InChI is InChI=1S/C17H23N3O3S/c1-22-14-5-3-13(4-6-14)11-23-10-2-9-19-17(21)15-12-24-16(20-15)7-8-18/h3-6,12H,2,7-11,18H2,1H3,(H,19,21). The van der Waals surface area contributed by atoms with Crippen LogP contribution < -0.4 is 15.8 Å². The minimum atomic E-state index is -0.148. The summed E-state index contributed by atoms with van der Waals surface area (Å²) in [6, 6.07) is 7.76. The highest BCUT2D eigenvalue weighted by molar-refractivity contribution is 7.09. The number of ether oxygens (including phenoxy) is 2. The zero-order chi connectivity index (χ0) is 17.2. The van der Waals surface area contributed by atoms with Crippen molar-refractivity contribution < 1.29 is 14.3 Å². The SMILES string of the molecule is COc1ccc(COCCCNC(=O)c2csc(CCN)n2)cc1. The average Bonchev–Trinajstić information content (AvgIpc) is 3.07. The summed E-state index contributed by atoms with van der Waals surface area (Å²) in [7, 11) is 1.64. The van der Waals surface area contributed by atoms with Gasteiger partial charge in [-0.2, -0.15) is 0 Å². The molecule has 1 heterocycles. The molecule has 0 saturated carbocycles. The van der Waals surface area contributed by atoms with Crippen LogP contribution in [0.1, 0.15) is 27.5 Å². The first-order chi connectivity index (χ1) is 11.7. The van der Waals surface area contributed by atoms with Crippen molar-refractivity contribution >= 4 is 17.2 Å². The summed E-state index contributed by atoms with van der Waals surface area (Å²) in [5, 5.41) is 5.50. The van der Waals surface area contributed by atoms with Gasteiger partial charge in [-0.05, 0) is 30.7 Å². The maximum Gasteiger partial charge on any atom is 0.270 e. The van der Waals surface area contributed by atoms with Gasteiger partial charge >= 0.3 is 0 Å². The number of rotatable bonds is 10. The number of methoxy groups -OCH3 is 1. The van der Waals surface area contributed by atoms with Crippen molar-refractivity contribution in [1.82, 2.24) is 10.3 Å². The Morgan fingerprint density at radius 1 is 1.33 bits per heavy atom. The van der Waals surface area contributed by atoms with Crippen LogP contribution in [-0.4, -0.2) is 37.7 Å². The molecular formula is C17H23N3O3S. The van der Waals surface area contributed by atoms with Crippen LogP contribution in [0.3, 0.4) is 0 Å². The second kappa shape index (κ2) is 10.0. The fraction of sp³-hybridized carbons (Fsp3) is 0.412. The largest absolute Gasteiger partial charge is 0.497 e. The van der Waals surface area contributed by atoms with Crippen LogP contribution in [0.5, 0.6) is 5.75 Å². The van der Waals surface area contributed by atoms with Gasteiger partial charge in [0.15, 0.2) is 0 Å². The fourth-order valence-corrected chi connectivity index (χ4v) is 2.83. The van der Waals surface area contributed by atoms with Crippen LogP contribution in [0.4, 0.5) is 0 Å². The van der Waals surface area contributed by atoms with E-state index in [1.54, 1.807) is 12.5 Å². The van der Waals surface area contributed by atoms with Crippen LogP contribution in [0.25, 0.3) is 0 Å². The minimum Gasteiger partial charge on any atom is -0.497 e.